The normalized spacial score (nSPS) is 10.1. The van der Waals surface area contributed by atoms with E-state index in [4.69, 9.17) is 0 Å². The molecular formula is C14H16N2OS. The van der Waals surface area contributed by atoms with Gasteiger partial charge in [-0.25, -0.2) is 4.79 Å². The minimum absolute atomic E-state index is 0.153. The lowest BCUT2D eigenvalue weighted by molar-refractivity contribution is 0.252. The van der Waals surface area contributed by atoms with Crippen LogP contribution in [0.3, 0.4) is 0 Å². The first-order valence-corrected chi connectivity index (χ1v) is 6.81. The van der Waals surface area contributed by atoms with E-state index in [-0.39, 0.29) is 6.03 Å². The van der Waals surface area contributed by atoms with Gasteiger partial charge < -0.3 is 10.6 Å². The second kappa shape index (κ2) is 6.21. The quantitative estimate of drug-likeness (QED) is 0.869. The summed E-state index contributed by atoms with van der Waals surface area (Å²) in [4.78, 5) is 11.7. The number of thiophene rings is 1. The second-order valence-corrected chi connectivity index (χ2v) is 4.86. The van der Waals surface area contributed by atoms with E-state index in [0.717, 1.165) is 17.7 Å². The van der Waals surface area contributed by atoms with E-state index < -0.39 is 0 Å². The molecule has 0 aliphatic heterocycles. The third-order valence-electron chi connectivity index (χ3n) is 2.67. The molecule has 1 aromatic carbocycles. The van der Waals surface area contributed by atoms with Gasteiger partial charge in [0.15, 0.2) is 0 Å². The maximum absolute atomic E-state index is 11.7. The molecule has 0 aliphatic rings. The van der Waals surface area contributed by atoms with Gasteiger partial charge in [0.05, 0.1) is 0 Å². The molecule has 0 aliphatic carbocycles. The summed E-state index contributed by atoms with van der Waals surface area (Å²) in [5, 5.41) is 9.84. The van der Waals surface area contributed by atoms with Crippen LogP contribution in [0.2, 0.25) is 0 Å². The van der Waals surface area contributed by atoms with Crippen LogP contribution >= 0.6 is 11.3 Å². The molecule has 2 amide bonds. The van der Waals surface area contributed by atoms with Gasteiger partial charge >= 0.3 is 6.03 Å². The third kappa shape index (κ3) is 3.60. The molecule has 0 saturated heterocycles. The summed E-state index contributed by atoms with van der Waals surface area (Å²) < 4.78 is 0. The van der Waals surface area contributed by atoms with Crippen LogP contribution < -0.4 is 10.6 Å². The number of carbonyl (C=O) groups excluding carboxylic acids is 1. The van der Waals surface area contributed by atoms with E-state index in [2.05, 4.69) is 22.1 Å². The van der Waals surface area contributed by atoms with Crippen LogP contribution in [-0.2, 0) is 6.42 Å². The number of aryl methyl sites for hydroxylation is 1. The first-order chi connectivity index (χ1) is 8.75. The summed E-state index contributed by atoms with van der Waals surface area (Å²) >= 11 is 1.67. The Hall–Kier alpha value is -1.81. The topological polar surface area (TPSA) is 41.1 Å². The minimum atomic E-state index is -0.153. The van der Waals surface area contributed by atoms with Crippen molar-refractivity contribution in [3.05, 3.63) is 52.2 Å². The lowest BCUT2D eigenvalue weighted by Crippen LogP contribution is -2.30. The van der Waals surface area contributed by atoms with Gasteiger partial charge in [0.2, 0.25) is 0 Å². The Morgan fingerprint density at radius 1 is 1.28 bits per heavy atom. The summed E-state index contributed by atoms with van der Waals surface area (Å²) in [6.07, 6.45) is 0.866. The summed E-state index contributed by atoms with van der Waals surface area (Å²) in [5.74, 6) is 0. The molecule has 0 bridgehead atoms. The van der Waals surface area contributed by atoms with E-state index in [1.807, 2.05) is 36.6 Å². The van der Waals surface area contributed by atoms with Crippen LogP contribution in [0.15, 0.2) is 41.1 Å². The predicted molar refractivity (Wildman–Crippen MR) is 76.2 cm³/mol. The molecule has 4 heteroatoms. The predicted octanol–water partition coefficient (Wildman–Crippen LogP) is 3.42. The molecule has 2 N–H and O–H groups in total. The molecule has 94 valence electrons. The number of para-hydroxylation sites is 1. The van der Waals surface area contributed by atoms with Crippen molar-refractivity contribution in [2.75, 3.05) is 11.9 Å². The zero-order chi connectivity index (χ0) is 12.8. The van der Waals surface area contributed by atoms with Gasteiger partial charge in [-0.3, -0.25) is 0 Å². The Kier molecular flexibility index (Phi) is 4.36. The minimum Gasteiger partial charge on any atom is -0.338 e. The zero-order valence-electron chi connectivity index (χ0n) is 10.3. The second-order valence-electron chi connectivity index (χ2n) is 4.08. The summed E-state index contributed by atoms with van der Waals surface area (Å²) in [6, 6.07) is 9.66. The zero-order valence-corrected chi connectivity index (χ0v) is 11.1. The highest BCUT2D eigenvalue weighted by molar-refractivity contribution is 7.07. The van der Waals surface area contributed by atoms with Gasteiger partial charge in [-0.2, -0.15) is 11.3 Å². The third-order valence-corrected chi connectivity index (χ3v) is 3.40. The van der Waals surface area contributed by atoms with Crippen LogP contribution in [0.1, 0.15) is 11.1 Å². The van der Waals surface area contributed by atoms with Crippen LogP contribution in [0.4, 0.5) is 10.5 Å². The van der Waals surface area contributed by atoms with Crippen molar-refractivity contribution in [3.63, 3.8) is 0 Å². The molecule has 2 aromatic rings. The number of carbonyl (C=O) groups is 1. The number of hydrogen-bond acceptors (Lipinski definition) is 2. The first kappa shape index (κ1) is 12.6. The molecular weight excluding hydrogens is 244 g/mol. The number of benzene rings is 1. The van der Waals surface area contributed by atoms with E-state index in [9.17, 15) is 4.79 Å². The highest BCUT2D eigenvalue weighted by Crippen LogP contribution is 2.12. The fourth-order valence-corrected chi connectivity index (χ4v) is 2.34. The monoisotopic (exact) mass is 260 g/mol. The van der Waals surface area contributed by atoms with Crippen molar-refractivity contribution in [1.82, 2.24) is 5.32 Å². The first-order valence-electron chi connectivity index (χ1n) is 5.87. The molecule has 3 nitrogen and oxygen atoms in total. The number of anilines is 1. The Morgan fingerprint density at radius 3 is 2.83 bits per heavy atom. The van der Waals surface area contributed by atoms with Crippen molar-refractivity contribution in [2.24, 2.45) is 0 Å². The maximum Gasteiger partial charge on any atom is 0.319 e. The number of rotatable bonds is 4. The van der Waals surface area contributed by atoms with E-state index in [1.165, 1.54) is 5.56 Å². The van der Waals surface area contributed by atoms with Crippen molar-refractivity contribution in [1.29, 1.82) is 0 Å². The molecule has 2 rings (SSSR count). The number of urea groups is 1. The van der Waals surface area contributed by atoms with E-state index in [0.29, 0.717) is 6.54 Å². The van der Waals surface area contributed by atoms with Crippen LogP contribution in [0, 0.1) is 6.92 Å². The van der Waals surface area contributed by atoms with E-state index >= 15 is 0 Å². The number of amides is 2. The van der Waals surface area contributed by atoms with Gasteiger partial charge in [0.1, 0.15) is 0 Å². The van der Waals surface area contributed by atoms with Crippen molar-refractivity contribution in [2.45, 2.75) is 13.3 Å². The largest absolute Gasteiger partial charge is 0.338 e. The molecule has 18 heavy (non-hydrogen) atoms. The standard InChI is InChI=1S/C14H16N2OS/c1-11-4-2-3-5-13(11)16-14(17)15-8-6-12-7-9-18-10-12/h2-5,7,9-10H,6,8H2,1H3,(H2,15,16,17). The Labute approximate surface area is 111 Å². The van der Waals surface area contributed by atoms with Gasteiger partial charge in [-0.05, 0) is 47.4 Å². The Morgan fingerprint density at radius 2 is 2.11 bits per heavy atom. The highest BCUT2D eigenvalue weighted by Gasteiger charge is 2.03. The Bertz CT molecular complexity index is 508. The molecule has 0 fully saturated rings. The van der Waals surface area contributed by atoms with Gasteiger partial charge in [0.25, 0.3) is 0 Å². The van der Waals surface area contributed by atoms with Crippen molar-refractivity contribution in [3.8, 4) is 0 Å². The fourth-order valence-electron chi connectivity index (χ4n) is 1.63. The molecule has 0 spiro atoms. The summed E-state index contributed by atoms with van der Waals surface area (Å²) in [6.45, 7) is 2.62. The lowest BCUT2D eigenvalue weighted by Gasteiger charge is -2.09. The molecule has 1 aromatic heterocycles. The highest BCUT2D eigenvalue weighted by atomic mass is 32.1. The van der Waals surface area contributed by atoms with Gasteiger partial charge in [-0.1, -0.05) is 18.2 Å². The fraction of sp³-hybridized carbons (Fsp3) is 0.214. The molecule has 1 heterocycles. The van der Waals surface area contributed by atoms with E-state index in [1.54, 1.807) is 11.3 Å². The molecule has 0 saturated carbocycles. The number of hydrogen-bond donors (Lipinski definition) is 2. The van der Waals surface area contributed by atoms with Crippen LogP contribution in [0.25, 0.3) is 0 Å². The van der Waals surface area contributed by atoms with Crippen LogP contribution in [0.5, 0.6) is 0 Å². The molecule has 0 radical (unpaired) electrons. The average Bonchev–Trinajstić information content (AvgIpc) is 2.85. The SMILES string of the molecule is Cc1ccccc1NC(=O)NCCc1ccsc1. The van der Waals surface area contributed by atoms with Crippen molar-refractivity contribution >= 4 is 23.1 Å². The Balaban J connectivity index is 1.77. The number of nitrogens with one attached hydrogen (secondary N) is 2. The lowest BCUT2D eigenvalue weighted by atomic mass is 10.2. The maximum atomic E-state index is 11.7. The summed E-state index contributed by atoms with van der Waals surface area (Å²) in [7, 11) is 0. The molecule has 0 unspecified atom stereocenters. The molecule has 0 atom stereocenters. The van der Waals surface area contributed by atoms with Gasteiger partial charge in [-0.15, -0.1) is 0 Å². The van der Waals surface area contributed by atoms with Crippen molar-refractivity contribution < 1.29 is 4.79 Å². The smallest absolute Gasteiger partial charge is 0.319 e. The summed E-state index contributed by atoms with van der Waals surface area (Å²) in [5.41, 5.74) is 3.17. The van der Waals surface area contributed by atoms with Gasteiger partial charge in [0, 0.05) is 12.2 Å². The average molecular weight is 260 g/mol. The van der Waals surface area contributed by atoms with Crippen LogP contribution in [-0.4, -0.2) is 12.6 Å².